The van der Waals surface area contributed by atoms with Gasteiger partial charge >= 0.3 is 0 Å². The van der Waals surface area contributed by atoms with Gasteiger partial charge in [-0.15, -0.1) is 0 Å². The molecular formula is C16H18ClNO2. The van der Waals surface area contributed by atoms with E-state index in [0.29, 0.717) is 17.4 Å². The summed E-state index contributed by atoms with van der Waals surface area (Å²) in [6.07, 6.45) is 3.81. The van der Waals surface area contributed by atoms with Crippen LogP contribution in [0.25, 0.3) is 0 Å². The second-order valence-electron chi connectivity index (χ2n) is 6.38. The van der Waals surface area contributed by atoms with Gasteiger partial charge in [0, 0.05) is 11.4 Å². The first-order chi connectivity index (χ1) is 9.48. The summed E-state index contributed by atoms with van der Waals surface area (Å²) >= 11 is 5.92. The topological polar surface area (TPSA) is 46.2 Å². The maximum Gasteiger partial charge on any atom is 0.234 e. The lowest BCUT2D eigenvalue weighted by atomic mass is 9.66. The van der Waals surface area contributed by atoms with Gasteiger partial charge in [-0.1, -0.05) is 43.5 Å². The number of hydrogen-bond acceptors (Lipinski definition) is 2. The van der Waals surface area contributed by atoms with Gasteiger partial charge in [0.05, 0.1) is 5.92 Å². The summed E-state index contributed by atoms with van der Waals surface area (Å²) in [5, 5.41) is 3.14. The quantitative estimate of drug-likeness (QED) is 0.869. The van der Waals surface area contributed by atoms with Crippen molar-refractivity contribution >= 4 is 23.4 Å². The highest BCUT2D eigenvalue weighted by Gasteiger charge is 2.48. The average molecular weight is 292 g/mol. The highest BCUT2D eigenvalue weighted by molar-refractivity contribution is 6.30. The molecule has 0 bridgehead atoms. The van der Waals surface area contributed by atoms with Crippen LogP contribution in [0.1, 0.15) is 44.1 Å². The van der Waals surface area contributed by atoms with Crippen LogP contribution in [-0.2, 0) is 9.59 Å². The first kappa shape index (κ1) is 13.6. The molecule has 1 aromatic carbocycles. The Balaban J connectivity index is 1.96. The smallest absolute Gasteiger partial charge is 0.234 e. The molecule has 0 radical (unpaired) electrons. The Bertz CT molecular complexity index is 550. The van der Waals surface area contributed by atoms with Crippen LogP contribution in [0, 0.1) is 11.3 Å². The van der Waals surface area contributed by atoms with E-state index in [9.17, 15) is 9.59 Å². The van der Waals surface area contributed by atoms with Gasteiger partial charge in [0.25, 0.3) is 0 Å². The van der Waals surface area contributed by atoms with E-state index in [0.717, 1.165) is 12.0 Å². The Kier molecular flexibility index (Phi) is 3.33. The first-order valence-electron chi connectivity index (χ1n) is 7.07. The second kappa shape index (κ2) is 4.88. The Morgan fingerprint density at radius 3 is 2.50 bits per heavy atom. The van der Waals surface area contributed by atoms with E-state index in [4.69, 9.17) is 11.6 Å². The molecule has 0 spiro atoms. The summed E-state index contributed by atoms with van der Waals surface area (Å²) in [6, 6.07) is 7.40. The molecule has 1 saturated heterocycles. The zero-order valence-electron chi connectivity index (χ0n) is 11.5. The van der Waals surface area contributed by atoms with Gasteiger partial charge in [-0.05, 0) is 35.4 Å². The van der Waals surface area contributed by atoms with Crippen LogP contribution in [-0.4, -0.2) is 11.8 Å². The van der Waals surface area contributed by atoms with Gasteiger partial charge in [0.15, 0.2) is 0 Å². The molecule has 3 rings (SSSR count). The van der Waals surface area contributed by atoms with Crippen molar-refractivity contribution in [1.29, 1.82) is 0 Å². The van der Waals surface area contributed by atoms with Gasteiger partial charge in [0.2, 0.25) is 11.8 Å². The molecule has 2 fully saturated rings. The standard InChI is InChI=1S/C16H18ClNO2/c1-16(8-10-2-3-10)9-13(19)18-15(20)14(16)11-4-6-12(17)7-5-11/h4-7,10,14H,2-3,8-9H2,1H3,(H,18,19,20). The molecule has 20 heavy (non-hydrogen) atoms. The zero-order valence-corrected chi connectivity index (χ0v) is 12.2. The molecule has 2 amide bonds. The SMILES string of the molecule is CC1(CC2CC2)CC(=O)NC(=O)C1c1ccc(Cl)cc1. The fourth-order valence-electron chi connectivity index (χ4n) is 3.42. The molecule has 4 heteroatoms. The average Bonchev–Trinajstić information content (AvgIpc) is 3.13. The summed E-state index contributed by atoms with van der Waals surface area (Å²) in [6.45, 7) is 2.07. The third kappa shape index (κ3) is 2.59. The highest BCUT2D eigenvalue weighted by Crippen LogP contribution is 2.50. The molecular weight excluding hydrogens is 274 g/mol. The molecule has 0 aromatic heterocycles. The minimum absolute atomic E-state index is 0.150. The lowest BCUT2D eigenvalue weighted by Gasteiger charge is -2.40. The van der Waals surface area contributed by atoms with E-state index in [1.54, 1.807) is 12.1 Å². The third-order valence-corrected chi connectivity index (χ3v) is 4.69. The van der Waals surface area contributed by atoms with Gasteiger partial charge in [-0.3, -0.25) is 14.9 Å². The summed E-state index contributed by atoms with van der Waals surface area (Å²) in [7, 11) is 0. The number of imide groups is 1. The van der Waals surface area contributed by atoms with Gasteiger partial charge in [0.1, 0.15) is 0 Å². The van der Waals surface area contributed by atoms with Crippen molar-refractivity contribution in [2.24, 2.45) is 11.3 Å². The van der Waals surface area contributed by atoms with Crippen molar-refractivity contribution in [1.82, 2.24) is 5.32 Å². The van der Waals surface area contributed by atoms with Crippen molar-refractivity contribution in [3.05, 3.63) is 34.9 Å². The molecule has 106 valence electrons. The lowest BCUT2D eigenvalue weighted by molar-refractivity contribution is -0.139. The van der Waals surface area contributed by atoms with Crippen LogP contribution < -0.4 is 5.32 Å². The van der Waals surface area contributed by atoms with Crippen molar-refractivity contribution < 1.29 is 9.59 Å². The number of rotatable bonds is 3. The molecule has 3 nitrogen and oxygen atoms in total. The first-order valence-corrected chi connectivity index (χ1v) is 7.45. The van der Waals surface area contributed by atoms with Crippen LogP contribution in [0.2, 0.25) is 5.02 Å². The minimum Gasteiger partial charge on any atom is -0.296 e. The predicted octanol–water partition coefficient (Wildman–Crippen LogP) is 3.28. The van der Waals surface area contributed by atoms with Gasteiger partial charge in [-0.25, -0.2) is 0 Å². The number of amides is 2. The summed E-state index contributed by atoms with van der Waals surface area (Å²) < 4.78 is 0. The summed E-state index contributed by atoms with van der Waals surface area (Å²) in [5.41, 5.74) is 0.663. The molecule has 2 atom stereocenters. The number of nitrogens with one attached hydrogen (secondary N) is 1. The molecule has 2 unspecified atom stereocenters. The van der Waals surface area contributed by atoms with Crippen molar-refractivity contribution in [3.63, 3.8) is 0 Å². The Morgan fingerprint density at radius 2 is 1.90 bits per heavy atom. The molecule has 1 aromatic rings. The Morgan fingerprint density at radius 1 is 1.25 bits per heavy atom. The molecule has 2 aliphatic rings. The van der Waals surface area contributed by atoms with Crippen molar-refractivity contribution in [2.45, 2.75) is 38.5 Å². The van der Waals surface area contributed by atoms with Gasteiger partial charge in [-0.2, -0.15) is 0 Å². The monoisotopic (exact) mass is 291 g/mol. The molecule has 1 N–H and O–H groups in total. The number of benzene rings is 1. The maximum absolute atomic E-state index is 12.3. The predicted molar refractivity (Wildman–Crippen MR) is 77.4 cm³/mol. The fraction of sp³-hybridized carbons (Fsp3) is 0.500. The van der Waals surface area contributed by atoms with Crippen molar-refractivity contribution in [2.75, 3.05) is 0 Å². The lowest BCUT2D eigenvalue weighted by Crippen LogP contribution is -2.49. The van der Waals surface area contributed by atoms with Crippen LogP contribution in [0.3, 0.4) is 0 Å². The normalized spacial score (nSPS) is 30.2. The zero-order chi connectivity index (χ0) is 14.3. The van der Waals surface area contributed by atoms with Crippen LogP contribution in [0.15, 0.2) is 24.3 Å². The van der Waals surface area contributed by atoms with Crippen LogP contribution in [0.5, 0.6) is 0 Å². The maximum atomic E-state index is 12.3. The van der Waals surface area contributed by atoms with Crippen LogP contribution >= 0.6 is 11.6 Å². The summed E-state index contributed by atoms with van der Waals surface area (Å²) in [4.78, 5) is 24.1. The van der Waals surface area contributed by atoms with E-state index in [2.05, 4.69) is 12.2 Å². The molecule has 1 aliphatic heterocycles. The van der Waals surface area contributed by atoms with E-state index in [-0.39, 0.29) is 23.1 Å². The van der Waals surface area contributed by atoms with E-state index in [1.807, 2.05) is 12.1 Å². The number of hydrogen-bond donors (Lipinski definition) is 1. The highest BCUT2D eigenvalue weighted by atomic mass is 35.5. The molecule has 1 saturated carbocycles. The Hall–Kier alpha value is -1.35. The largest absolute Gasteiger partial charge is 0.296 e. The van der Waals surface area contributed by atoms with E-state index < -0.39 is 0 Å². The van der Waals surface area contributed by atoms with E-state index >= 15 is 0 Å². The number of carbonyl (C=O) groups excluding carboxylic acids is 2. The fourth-order valence-corrected chi connectivity index (χ4v) is 3.55. The summed E-state index contributed by atoms with van der Waals surface area (Å²) in [5.74, 6) is 0.0849. The number of piperidine rings is 1. The molecule has 1 aliphatic carbocycles. The second-order valence-corrected chi connectivity index (χ2v) is 6.81. The third-order valence-electron chi connectivity index (χ3n) is 4.44. The molecule has 1 heterocycles. The van der Waals surface area contributed by atoms with E-state index in [1.165, 1.54) is 12.8 Å². The van der Waals surface area contributed by atoms with Gasteiger partial charge < -0.3 is 0 Å². The Labute approximate surface area is 123 Å². The number of halogens is 1. The minimum atomic E-state index is -0.283. The van der Waals surface area contributed by atoms with Crippen molar-refractivity contribution in [3.8, 4) is 0 Å². The van der Waals surface area contributed by atoms with Crippen LogP contribution in [0.4, 0.5) is 0 Å². The number of carbonyl (C=O) groups is 2.